The number of nitrogens with zero attached hydrogens (tertiary/aromatic N) is 2. The van der Waals surface area contributed by atoms with Crippen LogP contribution in [0, 0.1) is 12.4 Å². The molecule has 1 aliphatic heterocycles. The zero-order valence-corrected chi connectivity index (χ0v) is 13.6. The Hall–Kier alpha value is -3.11. The van der Waals surface area contributed by atoms with Crippen molar-refractivity contribution in [3.63, 3.8) is 0 Å². The highest BCUT2D eigenvalue weighted by molar-refractivity contribution is 6.34. The molecule has 2 aromatic carbocycles. The van der Waals surface area contributed by atoms with E-state index in [2.05, 4.69) is 20.5 Å². The van der Waals surface area contributed by atoms with Crippen LogP contribution in [-0.4, -0.2) is 30.1 Å². The Morgan fingerprint density at radius 3 is 2.88 bits per heavy atom. The lowest BCUT2D eigenvalue weighted by Crippen LogP contribution is -2.38. The van der Waals surface area contributed by atoms with Crippen LogP contribution in [0.4, 0.5) is 10.1 Å². The van der Waals surface area contributed by atoms with E-state index in [9.17, 15) is 14.3 Å². The predicted octanol–water partition coefficient (Wildman–Crippen LogP) is 3.09. The van der Waals surface area contributed by atoms with Crippen molar-refractivity contribution in [1.29, 1.82) is 0 Å². The number of benzene rings is 2. The molecule has 0 saturated carbocycles. The summed E-state index contributed by atoms with van der Waals surface area (Å²) in [6.45, 7) is 8.44. The normalized spacial score (nSPS) is 12.9. The van der Waals surface area contributed by atoms with Gasteiger partial charge in [-0.05, 0) is 29.8 Å². The maximum atomic E-state index is 13.7. The minimum absolute atomic E-state index is 0.0654. The van der Waals surface area contributed by atoms with Crippen molar-refractivity contribution in [3.8, 4) is 16.9 Å². The van der Waals surface area contributed by atoms with E-state index in [1.165, 1.54) is 24.3 Å². The number of aliphatic imine (C=N–C) groups is 1. The Morgan fingerprint density at radius 2 is 2.20 bits per heavy atom. The maximum Gasteiger partial charge on any atom is 0.261 e. The number of halogens is 2. The fourth-order valence-electron chi connectivity index (χ4n) is 2.52. The molecule has 25 heavy (non-hydrogen) atoms. The number of amides is 1. The van der Waals surface area contributed by atoms with Gasteiger partial charge in [-0.2, -0.15) is 0 Å². The van der Waals surface area contributed by atoms with Crippen molar-refractivity contribution >= 4 is 29.2 Å². The second-order valence-electron chi connectivity index (χ2n) is 5.20. The number of carbonyl (C=O) groups is 1. The van der Waals surface area contributed by atoms with Gasteiger partial charge >= 0.3 is 0 Å². The van der Waals surface area contributed by atoms with Crippen molar-refractivity contribution in [3.05, 3.63) is 58.2 Å². The first-order chi connectivity index (χ1) is 12.0. The molecular formula is C17H12ClFN4O2. The van der Waals surface area contributed by atoms with Gasteiger partial charge < -0.3 is 10.4 Å². The van der Waals surface area contributed by atoms with E-state index in [-0.39, 0.29) is 39.1 Å². The third kappa shape index (κ3) is 3.25. The van der Waals surface area contributed by atoms with Crippen LogP contribution in [0.1, 0.15) is 10.4 Å². The number of phenolic OH excluding ortho intramolecular Hbond substituents is 1. The molecule has 0 aliphatic carbocycles. The van der Waals surface area contributed by atoms with Crippen LogP contribution in [0.15, 0.2) is 35.3 Å². The van der Waals surface area contributed by atoms with Crippen LogP contribution in [-0.2, 0) is 0 Å². The summed E-state index contributed by atoms with van der Waals surface area (Å²) in [5, 5.41) is 15.8. The number of guanidine groups is 1. The summed E-state index contributed by atoms with van der Waals surface area (Å²) < 4.78 is 13.7. The van der Waals surface area contributed by atoms with Gasteiger partial charge in [-0.1, -0.05) is 17.7 Å². The molecule has 2 aromatic rings. The molecule has 0 unspecified atom stereocenters. The second-order valence-corrected chi connectivity index (χ2v) is 5.61. The van der Waals surface area contributed by atoms with Crippen molar-refractivity contribution in [2.45, 2.75) is 0 Å². The topological polar surface area (TPSA) is 78.1 Å². The van der Waals surface area contributed by atoms with Crippen molar-refractivity contribution in [2.24, 2.45) is 4.99 Å². The molecule has 0 radical (unpaired) electrons. The first kappa shape index (κ1) is 16.7. The van der Waals surface area contributed by atoms with E-state index in [0.29, 0.717) is 13.1 Å². The quantitative estimate of drug-likeness (QED) is 0.722. The Balaban J connectivity index is 2.19. The maximum absolute atomic E-state index is 13.7. The summed E-state index contributed by atoms with van der Waals surface area (Å²) >= 11 is 6.14. The summed E-state index contributed by atoms with van der Waals surface area (Å²) in [7, 11) is 0. The Kier molecular flexibility index (Phi) is 4.55. The first-order valence-corrected chi connectivity index (χ1v) is 7.67. The van der Waals surface area contributed by atoms with Crippen molar-refractivity contribution in [2.75, 3.05) is 13.1 Å². The minimum atomic E-state index is -0.675. The molecule has 1 heterocycles. The Labute approximate surface area is 147 Å². The van der Waals surface area contributed by atoms with Gasteiger partial charge in [0.2, 0.25) is 0 Å². The summed E-state index contributed by atoms with van der Waals surface area (Å²) in [5.74, 6) is -1.33. The smallest absolute Gasteiger partial charge is 0.261 e. The number of hydrogen-bond donors (Lipinski definition) is 3. The number of nitrogens with one attached hydrogen (secondary N) is 2. The number of hydrogen-bond acceptors (Lipinski definition) is 4. The average molecular weight is 359 g/mol. The molecule has 0 fully saturated rings. The summed E-state index contributed by atoms with van der Waals surface area (Å²) in [6.07, 6.45) is 0. The molecule has 3 rings (SSSR count). The molecule has 0 aromatic heterocycles. The molecule has 6 nitrogen and oxygen atoms in total. The second kappa shape index (κ2) is 6.79. The van der Waals surface area contributed by atoms with E-state index in [0.717, 1.165) is 6.07 Å². The number of phenols is 1. The highest BCUT2D eigenvalue weighted by atomic mass is 35.5. The molecule has 0 atom stereocenters. The summed E-state index contributed by atoms with van der Waals surface area (Å²) in [4.78, 5) is 20.1. The first-order valence-electron chi connectivity index (χ1n) is 7.30. The fourth-order valence-corrected chi connectivity index (χ4v) is 2.73. The van der Waals surface area contributed by atoms with E-state index in [4.69, 9.17) is 18.2 Å². The monoisotopic (exact) mass is 358 g/mol. The van der Waals surface area contributed by atoms with Gasteiger partial charge in [0.15, 0.2) is 11.6 Å². The average Bonchev–Trinajstić information content (AvgIpc) is 3.09. The lowest BCUT2D eigenvalue weighted by atomic mass is 9.96. The van der Waals surface area contributed by atoms with Crippen LogP contribution < -0.4 is 10.6 Å². The van der Waals surface area contributed by atoms with Crippen molar-refractivity contribution in [1.82, 2.24) is 10.6 Å². The van der Waals surface area contributed by atoms with E-state index in [1.807, 2.05) is 0 Å². The molecule has 0 bridgehead atoms. The SMILES string of the molecule is [C-]#[N+]c1ccc(O)c(C(=O)NC2=NCCN2)c1-c1cc(F)ccc1Cl. The van der Waals surface area contributed by atoms with Gasteiger partial charge in [-0.25, -0.2) is 9.24 Å². The van der Waals surface area contributed by atoms with E-state index < -0.39 is 11.7 Å². The van der Waals surface area contributed by atoms with E-state index in [1.54, 1.807) is 0 Å². The molecule has 1 amide bonds. The highest BCUT2D eigenvalue weighted by Crippen LogP contribution is 2.41. The largest absolute Gasteiger partial charge is 0.507 e. The van der Waals surface area contributed by atoms with Crippen LogP contribution in [0.2, 0.25) is 5.02 Å². The molecule has 8 heteroatoms. The van der Waals surface area contributed by atoms with Gasteiger partial charge in [0.05, 0.1) is 18.7 Å². The highest BCUT2D eigenvalue weighted by Gasteiger charge is 2.24. The molecule has 1 aliphatic rings. The lowest BCUT2D eigenvalue weighted by Gasteiger charge is -2.15. The lowest BCUT2D eigenvalue weighted by molar-refractivity contribution is 0.0974. The molecule has 0 spiro atoms. The third-order valence-electron chi connectivity index (χ3n) is 3.61. The van der Waals surface area contributed by atoms with Crippen LogP contribution in [0.5, 0.6) is 5.75 Å². The van der Waals surface area contributed by atoms with Gasteiger partial charge in [-0.15, -0.1) is 0 Å². The molecule has 0 saturated heterocycles. The van der Waals surface area contributed by atoms with Gasteiger partial charge in [-0.3, -0.25) is 15.1 Å². The van der Waals surface area contributed by atoms with Crippen molar-refractivity contribution < 1.29 is 14.3 Å². The van der Waals surface area contributed by atoms with Crippen LogP contribution >= 0.6 is 11.6 Å². The summed E-state index contributed by atoms with van der Waals surface area (Å²) in [5.41, 5.74) is 0.111. The minimum Gasteiger partial charge on any atom is -0.507 e. The Morgan fingerprint density at radius 1 is 1.40 bits per heavy atom. The number of carbonyl (C=O) groups excluding carboxylic acids is 1. The molecular weight excluding hydrogens is 347 g/mol. The van der Waals surface area contributed by atoms with Crippen LogP contribution in [0.25, 0.3) is 16.0 Å². The van der Waals surface area contributed by atoms with E-state index >= 15 is 0 Å². The zero-order valence-electron chi connectivity index (χ0n) is 12.8. The predicted molar refractivity (Wildman–Crippen MR) is 92.5 cm³/mol. The standard InChI is InChI=1S/C17H12ClFN4O2/c1-20-12-4-5-13(24)15(16(25)23-17-21-6-7-22-17)14(12)10-8-9(19)2-3-11(10)18/h2-5,8,24H,6-7H2,(H2,21,22,23,25). The van der Waals surface area contributed by atoms with Gasteiger partial charge in [0, 0.05) is 17.1 Å². The number of aromatic hydroxyl groups is 1. The fraction of sp³-hybridized carbons (Fsp3) is 0.118. The van der Waals surface area contributed by atoms with Crippen LogP contribution in [0.3, 0.4) is 0 Å². The van der Waals surface area contributed by atoms with Gasteiger partial charge in [0.1, 0.15) is 11.6 Å². The Bertz CT molecular complexity index is 937. The number of rotatable bonds is 2. The van der Waals surface area contributed by atoms with Gasteiger partial charge in [0.25, 0.3) is 5.91 Å². The molecule has 126 valence electrons. The summed E-state index contributed by atoms with van der Waals surface area (Å²) in [6, 6.07) is 6.20. The molecule has 3 N–H and O–H groups in total. The third-order valence-corrected chi connectivity index (χ3v) is 3.94. The zero-order chi connectivity index (χ0) is 18.0.